The zero-order valence-electron chi connectivity index (χ0n) is 9.20. The Morgan fingerprint density at radius 2 is 2.00 bits per heavy atom. The van der Waals surface area contributed by atoms with Crippen LogP contribution in [0.5, 0.6) is 0 Å². The molecule has 4 heteroatoms. The van der Waals surface area contributed by atoms with Crippen molar-refractivity contribution in [2.75, 3.05) is 0 Å². The lowest BCUT2D eigenvalue weighted by Crippen LogP contribution is -2.37. The molecule has 1 rings (SSSR count). The summed E-state index contributed by atoms with van der Waals surface area (Å²) < 4.78 is 0. The van der Waals surface area contributed by atoms with Gasteiger partial charge in [0.15, 0.2) is 0 Å². The Balaban J connectivity index is 2.74. The second-order valence-electron chi connectivity index (χ2n) is 3.93. The third-order valence-electron chi connectivity index (χ3n) is 2.37. The van der Waals surface area contributed by atoms with Crippen molar-refractivity contribution in [1.82, 2.24) is 10.3 Å². The molecule has 0 radical (unpaired) electrons. The first kappa shape index (κ1) is 11.5. The number of pyridine rings is 1. The topological polar surface area (TPSA) is 62.0 Å². The molecule has 82 valence electrons. The molecule has 1 heterocycles. The highest BCUT2D eigenvalue weighted by atomic mass is 16.2. The van der Waals surface area contributed by atoms with Crippen molar-refractivity contribution < 1.29 is 4.79 Å². The largest absolute Gasteiger partial charge is 0.348 e. The van der Waals surface area contributed by atoms with Crippen molar-refractivity contribution in [1.29, 1.82) is 0 Å². The third-order valence-corrected chi connectivity index (χ3v) is 2.37. The molecule has 1 aromatic rings. The van der Waals surface area contributed by atoms with Crippen molar-refractivity contribution in [3.05, 3.63) is 34.2 Å². The van der Waals surface area contributed by atoms with E-state index in [1.807, 2.05) is 20.8 Å². The molecule has 0 aliphatic rings. The van der Waals surface area contributed by atoms with Gasteiger partial charge in [0.25, 0.3) is 5.91 Å². The van der Waals surface area contributed by atoms with Gasteiger partial charge in [-0.05, 0) is 18.9 Å². The fourth-order valence-electron chi connectivity index (χ4n) is 1.03. The normalized spacial score (nSPS) is 12.5. The van der Waals surface area contributed by atoms with E-state index in [-0.39, 0.29) is 17.5 Å². The number of hydrogen-bond donors (Lipinski definition) is 2. The molecule has 0 aliphatic heterocycles. The van der Waals surface area contributed by atoms with Crippen LogP contribution in [0.2, 0.25) is 0 Å². The van der Waals surface area contributed by atoms with E-state index in [0.717, 1.165) is 0 Å². The molecule has 1 unspecified atom stereocenters. The number of rotatable bonds is 3. The minimum Gasteiger partial charge on any atom is -0.348 e. The van der Waals surface area contributed by atoms with E-state index in [1.165, 1.54) is 6.07 Å². The average molecular weight is 208 g/mol. The van der Waals surface area contributed by atoms with Gasteiger partial charge in [0.2, 0.25) is 5.56 Å². The molecule has 0 aromatic carbocycles. The highest BCUT2D eigenvalue weighted by molar-refractivity contribution is 5.92. The molecule has 1 atom stereocenters. The number of amides is 1. The van der Waals surface area contributed by atoms with Crippen LogP contribution in [0.1, 0.15) is 31.3 Å². The maximum Gasteiger partial charge on any atom is 0.268 e. The van der Waals surface area contributed by atoms with E-state index in [9.17, 15) is 9.59 Å². The molecule has 4 nitrogen and oxygen atoms in total. The number of aromatic nitrogens is 1. The smallest absolute Gasteiger partial charge is 0.268 e. The molecule has 0 saturated heterocycles. The van der Waals surface area contributed by atoms with Gasteiger partial charge in [-0.2, -0.15) is 0 Å². The number of carbonyl (C=O) groups excluding carboxylic acids is 1. The van der Waals surface area contributed by atoms with Crippen molar-refractivity contribution in [2.45, 2.75) is 26.8 Å². The maximum absolute atomic E-state index is 11.6. The van der Waals surface area contributed by atoms with Gasteiger partial charge in [-0.3, -0.25) is 9.59 Å². The van der Waals surface area contributed by atoms with Crippen LogP contribution in [0.4, 0.5) is 0 Å². The minimum atomic E-state index is -0.264. The van der Waals surface area contributed by atoms with Gasteiger partial charge >= 0.3 is 0 Å². The van der Waals surface area contributed by atoms with Gasteiger partial charge in [-0.1, -0.05) is 19.9 Å². The number of hydrogen-bond acceptors (Lipinski definition) is 2. The number of H-pyrrole nitrogens is 1. The highest BCUT2D eigenvalue weighted by Gasteiger charge is 2.12. The molecule has 0 fully saturated rings. The predicted octanol–water partition coefficient (Wildman–Crippen LogP) is 1.15. The van der Waals surface area contributed by atoms with Crippen molar-refractivity contribution in [2.24, 2.45) is 5.92 Å². The first-order chi connectivity index (χ1) is 7.00. The molecular weight excluding hydrogens is 192 g/mol. The third kappa shape index (κ3) is 3.23. The van der Waals surface area contributed by atoms with Crippen LogP contribution in [-0.2, 0) is 0 Å². The van der Waals surface area contributed by atoms with Crippen LogP contribution in [0.25, 0.3) is 0 Å². The summed E-state index contributed by atoms with van der Waals surface area (Å²) in [4.78, 5) is 25.1. The first-order valence-corrected chi connectivity index (χ1v) is 5.01. The fraction of sp³-hybridized carbons (Fsp3) is 0.455. The summed E-state index contributed by atoms with van der Waals surface area (Å²) in [6, 6.07) is 4.61. The summed E-state index contributed by atoms with van der Waals surface area (Å²) in [5.41, 5.74) is 0.0369. The standard InChI is InChI=1S/C11H16N2O2/c1-7(2)8(3)12-11(15)9-5-4-6-10(14)13-9/h4-8H,1-3H3,(H,12,15)(H,13,14). The van der Waals surface area contributed by atoms with E-state index in [0.29, 0.717) is 11.6 Å². The Kier molecular flexibility index (Phi) is 3.66. The first-order valence-electron chi connectivity index (χ1n) is 5.01. The molecule has 15 heavy (non-hydrogen) atoms. The van der Waals surface area contributed by atoms with Gasteiger partial charge in [0, 0.05) is 12.1 Å². The molecule has 2 N–H and O–H groups in total. The second-order valence-corrected chi connectivity index (χ2v) is 3.93. The lowest BCUT2D eigenvalue weighted by molar-refractivity contribution is 0.0925. The van der Waals surface area contributed by atoms with E-state index >= 15 is 0 Å². The lowest BCUT2D eigenvalue weighted by Gasteiger charge is -2.17. The van der Waals surface area contributed by atoms with Crippen LogP contribution in [-0.4, -0.2) is 16.9 Å². The SMILES string of the molecule is CC(C)C(C)NC(=O)c1cccc(=O)[nH]1. The fourth-order valence-corrected chi connectivity index (χ4v) is 1.03. The predicted molar refractivity (Wildman–Crippen MR) is 58.8 cm³/mol. The zero-order chi connectivity index (χ0) is 11.4. The monoisotopic (exact) mass is 208 g/mol. The van der Waals surface area contributed by atoms with Crippen molar-refractivity contribution in [3.8, 4) is 0 Å². The van der Waals surface area contributed by atoms with E-state index in [1.54, 1.807) is 12.1 Å². The molecule has 1 aromatic heterocycles. The number of aromatic amines is 1. The number of nitrogens with one attached hydrogen (secondary N) is 2. The Labute approximate surface area is 88.7 Å². The molecule has 0 aliphatic carbocycles. The average Bonchev–Trinajstić information content (AvgIpc) is 2.17. The summed E-state index contributed by atoms with van der Waals surface area (Å²) in [5.74, 6) is 0.123. The summed E-state index contributed by atoms with van der Waals surface area (Å²) >= 11 is 0. The van der Waals surface area contributed by atoms with E-state index < -0.39 is 0 Å². The second kappa shape index (κ2) is 4.77. The van der Waals surface area contributed by atoms with E-state index in [2.05, 4.69) is 10.3 Å². The van der Waals surface area contributed by atoms with Crippen LogP contribution >= 0.6 is 0 Å². The summed E-state index contributed by atoms with van der Waals surface area (Å²) in [6.45, 7) is 5.99. The summed E-state index contributed by atoms with van der Waals surface area (Å²) in [7, 11) is 0. The van der Waals surface area contributed by atoms with Gasteiger partial charge in [-0.25, -0.2) is 0 Å². The lowest BCUT2D eigenvalue weighted by atomic mass is 10.1. The molecule has 0 saturated carbocycles. The van der Waals surface area contributed by atoms with Gasteiger partial charge in [-0.15, -0.1) is 0 Å². The van der Waals surface area contributed by atoms with Crippen LogP contribution < -0.4 is 10.9 Å². The highest BCUT2D eigenvalue weighted by Crippen LogP contribution is 2.01. The van der Waals surface area contributed by atoms with Crippen LogP contribution in [0.3, 0.4) is 0 Å². The Hall–Kier alpha value is -1.58. The minimum absolute atomic E-state index is 0.0845. The van der Waals surface area contributed by atoms with Crippen LogP contribution in [0, 0.1) is 5.92 Å². The Bertz CT molecular complexity index is 396. The molecule has 1 amide bonds. The van der Waals surface area contributed by atoms with Crippen molar-refractivity contribution in [3.63, 3.8) is 0 Å². The quantitative estimate of drug-likeness (QED) is 0.782. The van der Waals surface area contributed by atoms with Gasteiger partial charge in [0.05, 0.1) is 0 Å². The molecular formula is C11H16N2O2. The Morgan fingerprint density at radius 3 is 2.53 bits per heavy atom. The van der Waals surface area contributed by atoms with Crippen LogP contribution in [0.15, 0.2) is 23.0 Å². The van der Waals surface area contributed by atoms with Gasteiger partial charge in [0.1, 0.15) is 5.69 Å². The molecule has 0 bridgehead atoms. The summed E-state index contributed by atoms with van der Waals surface area (Å²) in [6.07, 6.45) is 0. The van der Waals surface area contributed by atoms with Crippen molar-refractivity contribution >= 4 is 5.91 Å². The number of carbonyl (C=O) groups is 1. The summed E-state index contributed by atoms with van der Waals surface area (Å²) in [5, 5.41) is 2.81. The van der Waals surface area contributed by atoms with Gasteiger partial charge < -0.3 is 10.3 Å². The zero-order valence-corrected chi connectivity index (χ0v) is 9.20. The molecule has 0 spiro atoms. The Morgan fingerprint density at radius 1 is 1.33 bits per heavy atom. The maximum atomic E-state index is 11.6. The van der Waals surface area contributed by atoms with E-state index in [4.69, 9.17) is 0 Å².